The maximum atomic E-state index is 11.9. The number of hydrogen-bond acceptors (Lipinski definition) is 10. The van der Waals surface area contributed by atoms with Crippen LogP contribution in [0, 0.1) is 5.41 Å². The average molecular weight is 324 g/mol. The number of hydrogen-bond donors (Lipinski definition) is 7. The summed E-state index contributed by atoms with van der Waals surface area (Å²) in [5.41, 5.74) is -3.79. The molecule has 0 aliphatic heterocycles. The van der Waals surface area contributed by atoms with E-state index in [9.17, 15) is 34.5 Å². The molecule has 0 bridgehead atoms. The van der Waals surface area contributed by atoms with Gasteiger partial charge in [-0.25, -0.2) is 0 Å². The van der Waals surface area contributed by atoms with Crippen LogP contribution in [0.4, 0.5) is 0 Å². The van der Waals surface area contributed by atoms with Crippen LogP contribution in [-0.4, -0.2) is 97.2 Å². The fourth-order valence-electron chi connectivity index (χ4n) is 1.68. The lowest BCUT2D eigenvalue weighted by Crippen LogP contribution is -2.62. The highest BCUT2D eigenvalue weighted by atomic mass is 16.4. The number of aliphatic hydroxyl groups is 6. The van der Waals surface area contributed by atoms with Crippen LogP contribution in [0.3, 0.4) is 0 Å². The summed E-state index contributed by atoms with van der Waals surface area (Å²) in [5.74, 6) is -8.49. The van der Waals surface area contributed by atoms with E-state index in [4.69, 9.17) is 20.4 Å². The minimum atomic E-state index is -3.79. The van der Waals surface area contributed by atoms with Gasteiger partial charge in [-0.15, -0.1) is 0 Å². The normalized spacial score (nSPS) is 17.9. The molecule has 0 rings (SSSR count). The summed E-state index contributed by atoms with van der Waals surface area (Å²) in [6, 6.07) is 0. The fraction of sp³-hybridized carbons (Fsp3) is 0.636. The second kappa shape index (κ2) is 8.03. The van der Waals surface area contributed by atoms with Crippen LogP contribution >= 0.6 is 0 Å². The van der Waals surface area contributed by atoms with E-state index in [2.05, 4.69) is 0 Å². The number of carbonyl (C=O) groups is 4. The number of Topliss-reactive ketones (excluding diaryl/α,β-unsaturated/α-hetero) is 3. The second-order valence-electron chi connectivity index (χ2n) is 4.24. The smallest absolute Gasteiger partial charge is 0.332 e. The zero-order chi connectivity index (χ0) is 17.7. The van der Waals surface area contributed by atoms with Gasteiger partial charge in [-0.2, -0.15) is 0 Å². The molecule has 22 heavy (non-hydrogen) atoms. The molecule has 126 valence electrons. The van der Waals surface area contributed by atoms with Gasteiger partial charge in [0.1, 0.15) is 18.3 Å². The Morgan fingerprint density at radius 3 is 1.05 bits per heavy atom. The highest BCUT2D eigenvalue weighted by Crippen LogP contribution is 2.28. The molecular weight excluding hydrogens is 308 g/mol. The molecule has 0 aromatic heterocycles. The van der Waals surface area contributed by atoms with Crippen LogP contribution in [0.1, 0.15) is 0 Å². The highest BCUT2D eigenvalue weighted by Gasteiger charge is 2.63. The number of rotatable bonds is 10. The molecule has 0 aromatic rings. The standard InChI is InChI=1S/C11H16O11/c12-1-4(15)7(18)11(10(21)22,8(19)5(16)2-13)9(20)6(17)3-14/h4-6,12-17H,1-3H2,(H,21,22). The summed E-state index contributed by atoms with van der Waals surface area (Å²) in [6.07, 6.45) is -7.46. The van der Waals surface area contributed by atoms with Gasteiger partial charge >= 0.3 is 5.97 Å². The lowest BCUT2D eigenvalue weighted by molar-refractivity contribution is -0.173. The Kier molecular flexibility index (Phi) is 7.38. The monoisotopic (exact) mass is 324 g/mol. The average Bonchev–Trinajstić information content (AvgIpc) is 2.51. The van der Waals surface area contributed by atoms with E-state index < -0.39 is 66.9 Å². The van der Waals surface area contributed by atoms with Crippen LogP contribution in [0.25, 0.3) is 0 Å². The molecule has 0 spiro atoms. The first-order valence-electron chi connectivity index (χ1n) is 5.85. The summed E-state index contributed by atoms with van der Waals surface area (Å²) in [5, 5.41) is 63.0. The third kappa shape index (κ3) is 3.35. The number of carboxylic acid groups (broad SMARTS) is 1. The molecule has 0 aliphatic rings. The van der Waals surface area contributed by atoms with Crippen molar-refractivity contribution < 1.29 is 54.9 Å². The first-order valence-corrected chi connectivity index (χ1v) is 5.85. The highest BCUT2D eigenvalue weighted by molar-refractivity contribution is 6.39. The minimum absolute atomic E-state index is 1.35. The van der Waals surface area contributed by atoms with Gasteiger partial charge in [0.05, 0.1) is 19.8 Å². The molecular formula is C11H16O11. The maximum Gasteiger partial charge on any atom is 0.332 e. The molecule has 0 heterocycles. The van der Waals surface area contributed by atoms with E-state index in [-0.39, 0.29) is 0 Å². The van der Waals surface area contributed by atoms with Crippen molar-refractivity contribution >= 4 is 23.3 Å². The number of aliphatic hydroxyl groups excluding tert-OH is 6. The van der Waals surface area contributed by atoms with Crippen LogP contribution in [-0.2, 0) is 19.2 Å². The van der Waals surface area contributed by atoms with Crippen molar-refractivity contribution in [1.29, 1.82) is 0 Å². The lowest BCUT2D eigenvalue weighted by Gasteiger charge is -2.29. The Morgan fingerprint density at radius 1 is 0.682 bits per heavy atom. The van der Waals surface area contributed by atoms with Gasteiger partial charge < -0.3 is 35.7 Å². The van der Waals surface area contributed by atoms with E-state index in [1.165, 1.54) is 0 Å². The van der Waals surface area contributed by atoms with Crippen LogP contribution in [0.15, 0.2) is 0 Å². The summed E-state index contributed by atoms with van der Waals surface area (Å²) >= 11 is 0. The molecule has 3 atom stereocenters. The van der Waals surface area contributed by atoms with Crippen LogP contribution < -0.4 is 0 Å². The first-order chi connectivity index (χ1) is 10.1. The predicted octanol–water partition coefficient (Wildman–Crippen LogP) is -5.18. The van der Waals surface area contributed by atoms with E-state index >= 15 is 0 Å². The second-order valence-corrected chi connectivity index (χ2v) is 4.24. The van der Waals surface area contributed by atoms with Gasteiger partial charge in [0, 0.05) is 0 Å². The number of carboxylic acids is 1. The van der Waals surface area contributed by atoms with Gasteiger partial charge in [0.25, 0.3) is 0 Å². The summed E-state index contributed by atoms with van der Waals surface area (Å²) in [6.45, 7) is -4.05. The largest absolute Gasteiger partial charge is 0.480 e. The van der Waals surface area contributed by atoms with Gasteiger partial charge in [0.2, 0.25) is 5.41 Å². The van der Waals surface area contributed by atoms with E-state index in [0.717, 1.165) is 0 Å². The van der Waals surface area contributed by atoms with Crippen LogP contribution in [0.2, 0.25) is 0 Å². The molecule has 0 saturated carbocycles. The van der Waals surface area contributed by atoms with Crippen molar-refractivity contribution in [2.75, 3.05) is 19.8 Å². The number of aliphatic carboxylic acids is 1. The molecule has 0 saturated heterocycles. The summed E-state index contributed by atoms with van der Waals surface area (Å²) < 4.78 is 0. The lowest BCUT2D eigenvalue weighted by atomic mass is 9.70. The van der Waals surface area contributed by atoms with Crippen molar-refractivity contribution in [2.24, 2.45) is 5.41 Å². The Labute approximate surface area is 123 Å². The topological polar surface area (TPSA) is 210 Å². The van der Waals surface area contributed by atoms with Crippen molar-refractivity contribution in [2.45, 2.75) is 18.3 Å². The summed E-state index contributed by atoms with van der Waals surface area (Å²) in [7, 11) is 0. The van der Waals surface area contributed by atoms with Crippen molar-refractivity contribution in [1.82, 2.24) is 0 Å². The van der Waals surface area contributed by atoms with Crippen molar-refractivity contribution in [3.05, 3.63) is 0 Å². The Hall–Kier alpha value is -1.76. The van der Waals surface area contributed by atoms with Gasteiger partial charge in [-0.05, 0) is 0 Å². The molecule has 0 aliphatic carbocycles. The molecule has 11 heteroatoms. The Bertz CT molecular complexity index is 402. The third-order valence-corrected chi connectivity index (χ3v) is 2.86. The predicted molar refractivity (Wildman–Crippen MR) is 64.4 cm³/mol. The molecule has 0 amide bonds. The third-order valence-electron chi connectivity index (χ3n) is 2.86. The van der Waals surface area contributed by atoms with E-state index in [1.807, 2.05) is 0 Å². The molecule has 7 N–H and O–H groups in total. The SMILES string of the molecule is O=C(O)C(C(=O)C(O)CO)(C(=O)C(O)CO)C(=O)C(O)CO. The van der Waals surface area contributed by atoms with Gasteiger partial charge in [0.15, 0.2) is 17.3 Å². The van der Waals surface area contributed by atoms with Gasteiger partial charge in [-0.1, -0.05) is 0 Å². The van der Waals surface area contributed by atoms with E-state index in [0.29, 0.717) is 0 Å². The zero-order valence-electron chi connectivity index (χ0n) is 11.1. The number of ketones is 3. The molecule has 11 nitrogen and oxygen atoms in total. The van der Waals surface area contributed by atoms with E-state index in [1.54, 1.807) is 0 Å². The number of carbonyl (C=O) groups excluding carboxylic acids is 3. The molecule has 3 unspecified atom stereocenters. The van der Waals surface area contributed by atoms with Crippen molar-refractivity contribution in [3.8, 4) is 0 Å². The van der Waals surface area contributed by atoms with Crippen LogP contribution in [0.5, 0.6) is 0 Å². The Balaban J connectivity index is 6.33. The minimum Gasteiger partial charge on any atom is -0.480 e. The van der Waals surface area contributed by atoms with Gasteiger partial charge in [-0.3, -0.25) is 19.2 Å². The summed E-state index contributed by atoms with van der Waals surface area (Å²) in [4.78, 5) is 47.2. The fourth-order valence-corrected chi connectivity index (χ4v) is 1.68. The molecule has 0 radical (unpaired) electrons. The molecule has 0 aromatic carbocycles. The maximum absolute atomic E-state index is 11.9. The molecule has 0 fully saturated rings. The van der Waals surface area contributed by atoms with Crippen molar-refractivity contribution in [3.63, 3.8) is 0 Å². The quantitative estimate of drug-likeness (QED) is 0.189. The zero-order valence-corrected chi connectivity index (χ0v) is 11.1. The Morgan fingerprint density at radius 2 is 0.909 bits per heavy atom. The first kappa shape index (κ1) is 20.2.